The van der Waals surface area contributed by atoms with Gasteiger partial charge in [-0.05, 0) is 0 Å². The normalized spacial score (nSPS) is 11.5. The summed E-state index contributed by atoms with van der Waals surface area (Å²) in [6.07, 6.45) is 3.07. The topological polar surface area (TPSA) is 0 Å². The van der Waals surface area contributed by atoms with Crippen molar-refractivity contribution in [1.29, 1.82) is 0 Å². The van der Waals surface area contributed by atoms with Crippen molar-refractivity contribution in [2.24, 2.45) is 0 Å². The molecular weight excluding hydrogens is 406 g/mol. The molecule has 0 amide bonds. The van der Waals surface area contributed by atoms with Crippen LogP contribution in [0.15, 0.2) is 36.4 Å². The maximum atomic E-state index is 2.24. The van der Waals surface area contributed by atoms with Crippen LogP contribution in [-0.4, -0.2) is 9.52 Å². The van der Waals surface area contributed by atoms with E-state index in [0.717, 1.165) is 9.52 Å². The molecule has 22 heavy (non-hydrogen) atoms. The van der Waals surface area contributed by atoms with Gasteiger partial charge in [-0.1, -0.05) is 52.6 Å². The van der Waals surface area contributed by atoms with Crippen LogP contribution in [0.25, 0.3) is 0 Å². The Morgan fingerprint density at radius 2 is 1.50 bits per heavy atom. The van der Waals surface area contributed by atoms with Crippen LogP contribution in [0, 0.1) is 27.7 Å². The summed E-state index contributed by atoms with van der Waals surface area (Å²) in [7, 11) is 0.926. The fraction of sp³-hybridized carbons (Fsp3) is 0.444. The van der Waals surface area contributed by atoms with Gasteiger partial charge in [0.05, 0.1) is 0 Å². The van der Waals surface area contributed by atoms with Gasteiger partial charge in [-0.2, -0.15) is 46.5 Å². The van der Waals surface area contributed by atoms with Gasteiger partial charge >= 0.3 is 26.2 Å². The summed E-state index contributed by atoms with van der Waals surface area (Å²) in [5.41, 5.74) is 5.75. The van der Waals surface area contributed by atoms with Crippen molar-refractivity contribution in [3.63, 3.8) is 0 Å². The second-order valence-electron chi connectivity index (χ2n) is 5.30. The van der Waals surface area contributed by atoms with E-state index < -0.39 is 0 Å². The minimum absolute atomic E-state index is 0. The number of halogens is 2. The van der Waals surface area contributed by atoms with Crippen LogP contribution in [0.5, 0.6) is 0 Å². The summed E-state index contributed by atoms with van der Waals surface area (Å²) in [4.78, 5) is 0. The van der Waals surface area contributed by atoms with Crippen LogP contribution < -0.4 is 24.8 Å². The molecule has 0 atom stereocenters. The zero-order valence-electron chi connectivity index (χ0n) is 14.1. The first kappa shape index (κ1) is 27.2. The Hall–Kier alpha value is 0.380. The molecule has 1 fully saturated rings. The molecule has 0 bridgehead atoms. The van der Waals surface area contributed by atoms with E-state index in [1.54, 1.807) is 12.1 Å². The Morgan fingerprint density at radius 1 is 1.00 bits per heavy atom. The van der Waals surface area contributed by atoms with E-state index in [9.17, 15) is 0 Å². The Bertz CT molecular complexity index is 399. The molecule has 3 rings (SSSR count). The fourth-order valence-electron chi connectivity index (χ4n) is 2.18. The third kappa shape index (κ3) is 11.0. The van der Waals surface area contributed by atoms with E-state index in [-0.39, 0.29) is 51.0 Å². The molecular formula is C18H27Cl2SiZr. The van der Waals surface area contributed by atoms with Crippen LogP contribution in [0.4, 0.5) is 0 Å². The molecule has 2 aromatic rings. The van der Waals surface area contributed by atoms with Crippen LogP contribution in [0.1, 0.15) is 35.1 Å². The van der Waals surface area contributed by atoms with Crippen LogP contribution in [-0.2, 0) is 26.2 Å². The SMILES string of the molecule is C1CC[SiH]C1.Cc1c[c-](C)c(C)c1C.[Cl-].[Cl-].[Zr+4].c1cc[cH-]c1. The second kappa shape index (κ2) is 16.2. The predicted molar refractivity (Wildman–Crippen MR) is 89.0 cm³/mol. The molecule has 1 saturated heterocycles. The fourth-order valence-corrected chi connectivity index (χ4v) is 3.62. The molecule has 0 spiro atoms. The zero-order chi connectivity index (χ0) is 14.1. The average Bonchev–Trinajstić information content (AvgIpc) is 3.14. The molecule has 121 valence electrons. The number of hydrogen-bond donors (Lipinski definition) is 0. The van der Waals surface area contributed by atoms with Gasteiger partial charge in [0.1, 0.15) is 0 Å². The first-order valence-corrected chi connectivity index (χ1v) is 8.94. The largest absolute Gasteiger partial charge is 4.00 e. The van der Waals surface area contributed by atoms with E-state index in [1.807, 2.05) is 30.3 Å². The Morgan fingerprint density at radius 3 is 1.64 bits per heavy atom. The minimum atomic E-state index is 0. The first-order chi connectivity index (χ1) is 9.13. The molecule has 0 nitrogen and oxygen atoms in total. The van der Waals surface area contributed by atoms with E-state index in [4.69, 9.17) is 0 Å². The monoisotopic (exact) mass is 431 g/mol. The first-order valence-electron chi connectivity index (χ1n) is 7.31. The average molecular weight is 434 g/mol. The van der Waals surface area contributed by atoms with Crippen molar-refractivity contribution in [2.45, 2.75) is 52.6 Å². The summed E-state index contributed by atoms with van der Waals surface area (Å²) < 4.78 is 0. The minimum Gasteiger partial charge on any atom is -1.00 e. The van der Waals surface area contributed by atoms with Crippen molar-refractivity contribution in [2.75, 3.05) is 0 Å². The van der Waals surface area contributed by atoms with Gasteiger partial charge in [0.15, 0.2) is 0 Å². The van der Waals surface area contributed by atoms with Crippen molar-refractivity contribution in [3.8, 4) is 0 Å². The van der Waals surface area contributed by atoms with Gasteiger partial charge in [0, 0.05) is 9.52 Å². The quantitative estimate of drug-likeness (QED) is 0.373. The summed E-state index contributed by atoms with van der Waals surface area (Å²) in [5, 5.41) is 0. The molecule has 4 heteroatoms. The summed E-state index contributed by atoms with van der Waals surface area (Å²) >= 11 is 0. The molecule has 0 aliphatic carbocycles. The molecule has 0 unspecified atom stereocenters. The Balaban J connectivity index is -0.000000243. The van der Waals surface area contributed by atoms with Crippen LogP contribution >= 0.6 is 0 Å². The zero-order valence-corrected chi connectivity index (χ0v) is 19.3. The number of rotatable bonds is 0. The van der Waals surface area contributed by atoms with E-state index in [1.165, 1.54) is 35.1 Å². The van der Waals surface area contributed by atoms with Crippen LogP contribution in [0.3, 0.4) is 0 Å². The standard InChI is InChI=1S/C9H13.C5H5.C4H9Si.2ClH.Zr/c1-6-5-7(2)9(4)8(6)3;2*1-2-4-5-3-1;;;/h5H,1-4H3;1-5H;5H,1-4H2;2*1H;/q2*-1;;;;+4/p-2. The molecule has 1 radical (unpaired) electrons. The Labute approximate surface area is 171 Å². The number of hydrogen-bond acceptors (Lipinski definition) is 0. The van der Waals surface area contributed by atoms with Crippen molar-refractivity contribution < 1.29 is 51.0 Å². The second-order valence-corrected chi connectivity index (χ2v) is 7.03. The van der Waals surface area contributed by atoms with E-state index in [0.29, 0.717) is 0 Å². The summed E-state index contributed by atoms with van der Waals surface area (Å²) in [6, 6.07) is 15.4. The van der Waals surface area contributed by atoms with Crippen LogP contribution in [0.2, 0.25) is 12.1 Å². The smallest absolute Gasteiger partial charge is 1.00 e. The van der Waals surface area contributed by atoms with E-state index >= 15 is 0 Å². The summed E-state index contributed by atoms with van der Waals surface area (Å²) in [5.74, 6) is 0. The van der Waals surface area contributed by atoms with Gasteiger partial charge < -0.3 is 24.8 Å². The maximum absolute atomic E-state index is 2.24. The molecule has 0 saturated carbocycles. The van der Waals surface area contributed by atoms with Crippen molar-refractivity contribution in [1.82, 2.24) is 0 Å². The van der Waals surface area contributed by atoms with E-state index in [2.05, 4.69) is 33.8 Å². The molecule has 2 aromatic carbocycles. The summed E-state index contributed by atoms with van der Waals surface area (Å²) in [6.45, 7) is 8.68. The Kier molecular flexibility index (Phi) is 20.1. The van der Waals surface area contributed by atoms with Gasteiger partial charge in [0.2, 0.25) is 0 Å². The third-order valence-corrected chi connectivity index (χ3v) is 5.43. The molecule has 0 aromatic heterocycles. The van der Waals surface area contributed by atoms with Crippen molar-refractivity contribution in [3.05, 3.63) is 58.7 Å². The predicted octanol–water partition coefficient (Wildman–Crippen LogP) is -0.897. The van der Waals surface area contributed by atoms with Gasteiger partial charge in [0.25, 0.3) is 0 Å². The molecule has 1 aliphatic rings. The molecule has 0 N–H and O–H groups in total. The maximum Gasteiger partial charge on any atom is 4.00 e. The van der Waals surface area contributed by atoms with Crippen molar-refractivity contribution >= 4 is 9.52 Å². The van der Waals surface area contributed by atoms with Gasteiger partial charge in [-0.25, -0.2) is 12.1 Å². The molecule has 1 heterocycles. The molecule has 1 aliphatic heterocycles. The third-order valence-electron chi connectivity index (χ3n) is 3.80. The number of aryl methyl sites for hydroxylation is 2. The van der Waals surface area contributed by atoms with Gasteiger partial charge in [-0.3, -0.25) is 0 Å². The van der Waals surface area contributed by atoms with Gasteiger partial charge in [-0.15, -0.1) is 0 Å².